The van der Waals surface area contributed by atoms with Crippen LogP contribution in [0, 0.1) is 0 Å². The molecule has 0 aliphatic carbocycles. The lowest BCUT2D eigenvalue weighted by molar-refractivity contribution is 0.439. The van der Waals surface area contributed by atoms with Gasteiger partial charge in [-0.15, -0.1) is 0 Å². The van der Waals surface area contributed by atoms with Crippen molar-refractivity contribution in [2.24, 2.45) is 5.10 Å². The quantitative estimate of drug-likeness (QED) is 0.409. The summed E-state index contributed by atoms with van der Waals surface area (Å²) in [6.07, 6.45) is 3.53. The van der Waals surface area contributed by atoms with Gasteiger partial charge in [0.25, 0.3) is 0 Å². The number of para-hydroxylation sites is 1. The minimum Gasteiger partial charge on any atom is -0.303 e. The number of rotatable bonds is 5. The van der Waals surface area contributed by atoms with Crippen LogP contribution in [-0.2, 0) is 4.79 Å². The molecule has 0 heterocycles. The van der Waals surface area contributed by atoms with Gasteiger partial charge in [-0.3, -0.25) is 9.69 Å². The van der Waals surface area contributed by atoms with Gasteiger partial charge in [0.05, 0.1) is 6.54 Å². The molecule has 1 aromatic carbocycles. The van der Waals surface area contributed by atoms with Gasteiger partial charge in [0.1, 0.15) is 0 Å². The molecule has 1 rings (SSSR count). The summed E-state index contributed by atoms with van der Waals surface area (Å²) in [7, 11) is 3.65. The standard InChI is InChI=1S/C11H14N3O/c1-13(2)12-8-9-14(10-15)11-6-4-3-5-7-11/h3-8H,9H2,1-2H3. The van der Waals surface area contributed by atoms with E-state index < -0.39 is 0 Å². The minimum absolute atomic E-state index is 0.422. The van der Waals surface area contributed by atoms with Gasteiger partial charge < -0.3 is 5.01 Å². The van der Waals surface area contributed by atoms with E-state index in [4.69, 9.17) is 0 Å². The van der Waals surface area contributed by atoms with E-state index in [0.29, 0.717) is 6.54 Å². The summed E-state index contributed by atoms with van der Waals surface area (Å²) in [6, 6.07) is 9.37. The fourth-order valence-corrected chi connectivity index (χ4v) is 1.08. The van der Waals surface area contributed by atoms with Gasteiger partial charge in [-0.25, -0.2) is 0 Å². The van der Waals surface area contributed by atoms with E-state index in [1.54, 1.807) is 11.2 Å². The Kier molecular flexibility index (Phi) is 4.34. The van der Waals surface area contributed by atoms with Crippen LogP contribution in [0.3, 0.4) is 0 Å². The van der Waals surface area contributed by atoms with Crippen LogP contribution in [0.25, 0.3) is 0 Å². The molecule has 0 unspecified atom stereocenters. The molecule has 0 spiro atoms. The third-order valence-electron chi connectivity index (χ3n) is 1.75. The summed E-state index contributed by atoms with van der Waals surface area (Å²) in [5.74, 6) is 0. The van der Waals surface area contributed by atoms with Crippen LogP contribution in [-0.4, -0.2) is 38.3 Å². The molecule has 0 atom stereocenters. The first-order chi connectivity index (χ1) is 7.24. The van der Waals surface area contributed by atoms with Crippen LogP contribution in [0.4, 0.5) is 5.69 Å². The topological polar surface area (TPSA) is 35.9 Å². The van der Waals surface area contributed by atoms with E-state index in [1.165, 1.54) is 4.90 Å². The Morgan fingerprint density at radius 2 is 2.00 bits per heavy atom. The SMILES string of the molecule is CN(C)N=CCN([C]=O)c1ccccc1. The number of nitrogens with zero attached hydrogens (tertiary/aromatic N) is 3. The molecule has 0 aliphatic heterocycles. The lowest BCUT2D eigenvalue weighted by Gasteiger charge is -2.13. The van der Waals surface area contributed by atoms with Crippen molar-refractivity contribution < 1.29 is 4.79 Å². The molecule has 4 heteroatoms. The van der Waals surface area contributed by atoms with Crippen molar-refractivity contribution in [3.05, 3.63) is 30.3 Å². The number of benzene rings is 1. The maximum Gasteiger partial charge on any atom is 0.317 e. The van der Waals surface area contributed by atoms with Gasteiger partial charge in [-0.05, 0) is 12.1 Å². The van der Waals surface area contributed by atoms with E-state index >= 15 is 0 Å². The molecule has 4 nitrogen and oxygen atoms in total. The third-order valence-corrected chi connectivity index (χ3v) is 1.75. The highest BCUT2D eigenvalue weighted by Gasteiger charge is 2.02. The molecule has 0 N–H and O–H groups in total. The van der Waals surface area contributed by atoms with Crippen LogP contribution in [0.15, 0.2) is 35.4 Å². The van der Waals surface area contributed by atoms with Crippen LogP contribution in [0.1, 0.15) is 0 Å². The number of anilines is 1. The van der Waals surface area contributed by atoms with Gasteiger partial charge >= 0.3 is 6.41 Å². The van der Waals surface area contributed by atoms with Crippen molar-refractivity contribution in [3.63, 3.8) is 0 Å². The van der Waals surface area contributed by atoms with E-state index in [1.807, 2.05) is 50.8 Å². The monoisotopic (exact) mass is 204 g/mol. The molecule has 15 heavy (non-hydrogen) atoms. The summed E-state index contributed by atoms with van der Waals surface area (Å²) in [5.41, 5.74) is 0.817. The molecule has 0 saturated carbocycles. The molecule has 0 fully saturated rings. The van der Waals surface area contributed by atoms with Gasteiger partial charge in [-0.2, -0.15) is 5.10 Å². The average molecular weight is 204 g/mol. The second-order valence-electron chi connectivity index (χ2n) is 3.18. The Bertz CT molecular complexity index is 322. The second-order valence-corrected chi connectivity index (χ2v) is 3.18. The molecule has 1 amide bonds. The summed E-state index contributed by atoms with van der Waals surface area (Å²) in [5, 5.41) is 5.70. The van der Waals surface area contributed by atoms with Crippen LogP contribution >= 0.6 is 0 Å². The summed E-state index contributed by atoms with van der Waals surface area (Å²) in [4.78, 5) is 12.2. The Balaban J connectivity index is 2.61. The lowest BCUT2D eigenvalue weighted by Crippen LogP contribution is -2.23. The maximum atomic E-state index is 10.7. The number of carbonyl (C=O) groups excluding carboxylic acids is 1. The van der Waals surface area contributed by atoms with E-state index in [2.05, 4.69) is 5.10 Å². The fourth-order valence-electron chi connectivity index (χ4n) is 1.08. The second kappa shape index (κ2) is 5.80. The van der Waals surface area contributed by atoms with Crippen LogP contribution in [0.2, 0.25) is 0 Å². The Labute approximate surface area is 89.8 Å². The van der Waals surface area contributed by atoms with E-state index in [0.717, 1.165) is 5.69 Å². The number of hydrogen-bond acceptors (Lipinski definition) is 3. The summed E-state index contributed by atoms with van der Waals surface area (Å²) >= 11 is 0. The molecule has 0 aliphatic rings. The predicted molar refractivity (Wildman–Crippen MR) is 61.7 cm³/mol. The largest absolute Gasteiger partial charge is 0.317 e. The number of hydrogen-bond donors (Lipinski definition) is 0. The highest BCUT2D eigenvalue weighted by molar-refractivity contribution is 5.81. The molecule has 0 aromatic heterocycles. The van der Waals surface area contributed by atoms with Crippen molar-refractivity contribution in [1.29, 1.82) is 0 Å². The zero-order valence-corrected chi connectivity index (χ0v) is 8.92. The van der Waals surface area contributed by atoms with Crippen LogP contribution in [0.5, 0.6) is 0 Å². The predicted octanol–water partition coefficient (Wildman–Crippen LogP) is 1.11. The normalized spacial score (nSPS) is 10.3. The zero-order chi connectivity index (χ0) is 11.1. The van der Waals surface area contributed by atoms with Gasteiger partial charge in [0.15, 0.2) is 0 Å². The number of amides is 1. The highest BCUT2D eigenvalue weighted by Crippen LogP contribution is 2.09. The minimum atomic E-state index is 0.422. The highest BCUT2D eigenvalue weighted by atomic mass is 16.1. The number of hydrazone groups is 1. The molecule has 79 valence electrons. The average Bonchev–Trinajstić information content (AvgIpc) is 2.25. The molecule has 0 saturated heterocycles. The van der Waals surface area contributed by atoms with Gasteiger partial charge in [-0.1, -0.05) is 18.2 Å². The smallest absolute Gasteiger partial charge is 0.303 e. The van der Waals surface area contributed by atoms with E-state index in [-0.39, 0.29) is 0 Å². The van der Waals surface area contributed by atoms with Crippen molar-refractivity contribution in [1.82, 2.24) is 5.01 Å². The van der Waals surface area contributed by atoms with E-state index in [9.17, 15) is 4.79 Å². The molecule has 0 bridgehead atoms. The molecular formula is C11H14N3O. The Morgan fingerprint density at radius 3 is 2.53 bits per heavy atom. The fraction of sp³-hybridized carbons (Fsp3) is 0.273. The lowest BCUT2D eigenvalue weighted by atomic mass is 10.3. The third kappa shape index (κ3) is 3.81. The summed E-state index contributed by atoms with van der Waals surface area (Å²) < 4.78 is 0. The van der Waals surface area contributed by atoms with Crippen molar-refractivity contribution in [3.8, 4) is 0 Å². The van der Waals surface area contributed by atoms with Crippen LogP contribution < -0.4 is 4.90 Å². The molecule has 1 radical (unpaired) electrons. The first kappa shape index (κ1) is 11.2. The Morgan fingerprint density at radius 1 is 1.33 bits per heavy atom. The summed E-state index contributed by atoms with van der Waals surface area (Å²) in [6.45, 7) is 0.422. The molecular weight excluding hydrogens is 190 g/mol. The first-order valence-electron chi connectivity index (χ1n) is 4.64. The maximum absolute atomic E-state index is 10.7. The van der Waals surface area contributed by atoms with Crippen molar-refractivity contribution in [2.75, 3.05) is 25.5 Å². The molecule has 1 aromatic rings. The Hall–Kier alpha value is -1.84. The first-order valence-corrected chi connectivity index (χ1v) is 4.64. The zero-order valence-electron chi connectivity index (χ0n) is 8.92. The van der Waals surface area contributed by atoms with Crippen molar-refractivity contribution in [2.45, 2.75) is 0 Å². The van der Waals surface area contributed by atoms with Crippen molar-refractivity contribution >= 4 is 18.3 Å². The van der Waals surface area contributed by atoms with Gasteiger partial charge in [0.2, 0.25) is 0 Å². The van der Waals surface area contributed by atoms with Gasteiger partial charge in [0, 0.05) is 26.0 Å².